The quantitative estimate of drug-likeness (QED) is 0.565. The molecule has 1 saturated heterocycles. The van der Waals surface area contributed by atoms with E-state index in [1.54, 1.807) is 18.2 Å². The van der Waals surface area contributed by atoms with Gasteiger partial charge in [-0.2, -0.15) is 5.01 Å². The van der Waals surface area contributed by atoms with Gasteiger partial charge >= 0.3 is 0 Å². The molecule has 5 nitrogen and oxygen atoms in total. The van der Waals surface area contributed by atoms with Gasteiger partial charge in [0.25, 0.3) is 11.8 Å². The predicted molar refractivity (Wildman–Crippen MR) is 116 cm³/mol. The normalized spacial score (nSPS) is 15.2. The first kappa shape index (κ1) is 20.1. The highest BCUT2D eigenvalue weighted by Crippen LogP contribution is 2.31. The van der Waals surface area contributed by atoms with E-state index in [1.165, 1.54) is 0 Å². The van der Waals surface area contributed by atoms with Gasteiger partial charge in [-0.25, -0.2) is 0 Å². The Balaban J connectivity index is 1.69. The number of carbonyl (C=O) groups is 2. The maximum absolute atomic E-state index is 12.7. The van der Waals surface area contributed by atoms with E-state index in [4.69, 9.17) is 17.0 Å². The van der Waals surface area contributed by atoms with Crippen LogP contribution in [0.15, 0.2) is 53.4 Å². The zero-order chi connectivity index (χ0) is 20.1. The molecule has 0 unspecified atom stereocenters. The van der Waals surface area contributed by atoms with Crippen molar-refractivity contribution in [2.24, 2.45) is 0 Å². The minimum atomic E-state index is -0.380. The Hall–Kier alpha value is -2.64. The third-order valence-corrected chi connectivity index (χ3v) is 5.27. The molecule has 1 aliphatic rings. The number of carbonyl (C=O) groups excluding carboxylic acids is 2. The molecule has 0 radical (unpaired) electrons. The summed E-state index contributed by atoms with van der Waals surface area (Å²) in [5.74, 6) is 0.0636. The third kappa shape index (κ3) is 4.79. The van der Waals surface area contributed by atoms with Gasteiger partial charge in [-0.15, -0.1) is 0 Å². The lowest BCUT2D eigenvalue weighted by molar-refractivity contribution is -0.123. The molecule has 144 valence electrons. The summed E-state index contributed by atoms with van der Waals surface area (Å²) in [6.45, 7) is 4.66. The van der Waals surface area contributed by atoms with Gasteiger partial charge in [0.1, 0.15) is 5.75 Å². The summed E-state index contributed by atoms with van der Waals surface area (Å²) in [7, 11) is 0. The Morgan fingerprint density at radius 1 is 1.18 bits per heavy atom. The van der Waals surface area contributed by atoms with E-state index in [9.17, 15) is 9.59 Å². The zero-order valence-corrected chi connectivity index (χ0v) is 17.2. The molecular formula is C21H20N2O3S2. The van der Waals surface area contributed by atoms with Crippen LogP contribution in [-0.4, -0.2) is 27.8 Å². The van der Waals surface area contributed by atoms with Gasteiger partial charge in [0, 0.05) is 5.56 Å². The fraction of sp³-hybridized carbons (Fsp3) is 0.190. The van der Waals surface area contributed by atoms with Crippen molar-refractivity contribution in [3.8, 4) is 5.75 Å². The Morgan fingerprint density at radius 2 is 1.86 bits per heavy atom. The molecule has 2 amide bonds. The molecule has 0 aliphatic carbocycles. The minimum absolute atomic E-state index is 0.291. The first-order chi connectivity index (χ1) is 13.5. The van der Waals surface area contributed by atoms with E-state index in [1.807, 2.05) is 50.2 Å². The third-order valence-electron chi connectivity index (χ3n) is 3.97. The van der Waals surface area contributed by atoms with Crippen molar-refractivity contribution < 1.29 is 14.3 Å². The highest BCUT2D eigenvalue weighted by molar-refractivity contribution is 8.26. The molecular weight excluding hydrogens is 392 g/mol. The lowest BCUT2D eigenvalue weighted by Gasteiger charge is -2.15. The number of rotatable bonds is 6. The second kappa shape index (κ2) is 9.03. The summed E-state index contributed by atoms with van der Waals surface area (Å²) in [5, 5.41) is 1.12. The van der Waals surface area contributed by atoms with Gasteiger partial charge in [0.2, 0.25) is 0 Å². The molecule has 1 N–H and O–H groups in total. The first-order valence-corrected chi connectivity index (χ1v) is 10.1. The number of thiocarbonyl (C=S) groups is 1. The molecule has 7 heteroatoms. The van der Waals surface area contributed by atoms with Crippen molar-refractivity contribution in [2.75, 3.05) is 6.61 Å². The molecule has 0 spiro atoms. The lowest BCUT2D eigenvalue weighted by atomic mass is 10.1. The highest BCUT2D eigenvalue weighted by atomic mass is 32.2. The lowest BCUT2D eigenvalue weighted by Crippen LogP contribution is -2.44. The van der Waals surface area contributed by atoms with Crippen LogP contribution in [0.3, 0.4) is 0 Å². The van der Waals surface area contributed by atoms with E-state index in [-0.39, 0.29) is 11.8 Å². The Morgan fingerprint density at radius 3 is 2.50 bits per heavy atom. The number of benzene rings is 2. The number of aryl methyl sites for hydroxylation is 1. The molecule has 0 aromatic heterocycles. The van der Waals surface area contributed by atoms with Crippen molar-refractivity contribution in [1.82, 2.24) is 10.4 Å². The summed E-state index contributed by atoms with van der Waals surface area (Å²) in [6, 6.07) is 14.6. The van der Waals surface area contributed by atoms with Crippen LogP contribution in [0, 0.1) is 6.92 Å². The molecule has 3 rings (SSSR count). The molecule has 2 aromatic rings. The largest absolute Gasteiger partial charge is 0.494 e. The van der Waals surface area contributed by atoms with Crippen molar-refractivity contribution in [1.29, 1.82) is 0 Å². The molecule has 1 heterocycles. The van der Waals surface area contributed by atoms with Crippen LogP contribution in [-0.2, 0) is 4.79 Å². The second-order valence-corrected chi connectivity index (χ2v) is 7.92. The molecule has 1 aliphatic heterocycles. The molecule has 2 aromatic carbocycles. The number of hydrogen-bond acceptors (Lipinski definition) is 5. The first-order valence-electron chi connectivity index (χ1n) is 8.86. The monoisotopic (exact) mass is 412 g/mol. The van der Waals surface area contributed by atoms with Gasteiger partial charge in [-0.1, -0.05) is 48.5 Å². The Kier molecular flexibility index (Phi) is 6.49. The summed E-state index contributed by atoms with van der Waals surface area (Å²) >= 11 is 6.42. The fourth-order valence-corrected chi connectivity index (χ4v) is 3.65. The van der Waals surface area contributed by atoms with Crippen molar-refractivity contribution in [2.45, 2.75) is 20.3 Å². The average molecular weight is 413 g/mol. The number of thioether (sulfide) groups is 1. The highest BCUT2D eigenvalue weighted by Gasteiger charge is 2.33. The maximum atomic E-state index is 12.7. The summed E-state index contributed by atoms with van der Waals surface area (Å²) in [6.07, 6.45) is 2.69. The number of nitrogens with zero attached hydrogens (tertiary/aromatic N) is 1. The van der Waals surface area contributed by atoms with Gasteiger partial charge in [-0.05, 0) is 61.5 Å². The van der Waals surface area contributed by atoms with Crippen LogP contribution in [0.1, 0.15) is 34.8 Å². The second-order valence-electron chi connectivity index (χ2n) is 6.24. The molecule has 0 saturated carbocycles. The van der Waals surface area contributed by atoms with E-state index in [0.29, 0.717) is 21.4 Å². The number of nitrogens with one attached hydrogen (secondary N) is 1. The van der Waals surface area contributed by atoms with Gasteiger partial charge in [0.15, 0.2) is 4.32 Å². The van der Waals surface area contributed by atoms with Crippen LogP contribution in [0.25, 0.3) is 6.08 Å². The number of amides is 2. The molecule has 28 heavy (non-hydrogen) atoms. The van der Waals surface area contributed by atoms with Gasteiger partial charge in [-0.3, -0.25) is 15.0 Å². The maximum Gasteiger partial charge on any atom is 0.285 e. The van der Waals surface area contributed by atoms with Gasteiger partial charge in [0.05, 0.1) is 11.5 Å². The Labute approximate surface area is 173 Å². The van der Waals surface area contributed by atoms with Crippen molar-refractivity contribution in [3.63, 3.8) is 0 Å². The zero-order valence-electron chi connectivity index (χ0n) is 15.6. The summed E-state index contributed by atoms with van der Waals surface area (Å²) in [4.78, 5) is 25.5. The molecule has 1 fully saturated rings. The van der Waals surface area contributed by atoms with Crippen LogP contribution in [0.4, 0.5) is 0 Å². The van der Waals surface area contributed by atoms with Crippen LogP contribution < -0.4 is 10.2 Å². The van der Waals surface area contributed by atoms with Crippen molar-refractivity contribution in [3.05, 3.63) is 70.1 Å². The van der Waals surface area contributed by atoms with E-state index < -0.39 is 0 Å². The van der Waals surface area contributed by atoms with Gasteiger partial charge < -0.3 is 4.74 Å². The SMILES string of the molecule is CCCOc1ccc(/C=C2\SC(=S)N(NC(=O)c3ccc(C)cc3)C2=O)cc1. The van der Waals surface area contributed by atoms with E-state index in [0.717, 1.165) is 40.1 Å². The van der Waals surface area contributed by atoms with Crippen LogP contribution in [0.5, 0.6) is 5.75 Å². The van der Waals surface area contributed by atoms with Crippen molar-refractivity contribution >= 4 is 46.2 Å². The number of hydrazine groups is 1. The summed E-state index contributed by atoms with van der Waals surface area (Å²) in [5.41, 5.74) is 4.96. The topological polar surface area (TPSA) is 58.6 Å². The predicted octanol–water partition coefficient (Wildman–Crippen LogP) is 4.33. The molecule has 0 bridgehead atoms. The number of ether oxygens (including phenoxy) is 1. The Bertz CT molecular complexity index is 922. The van der Waals surface area contributed by atoms with E-state index >= 15 is 0 Å². The minimum Gasteiger partial charge on any atom is -0.494 e. The van der Waals surface area contributed by atoms with Crippen LogP contribution in [0.2, 0.25) is 0 Å². The summed E-state index contributed by atoms with van der Waals surface area (Å²) < 4.78 is 5.85. The number of hydrogen-bond donors (Lipinski definition) is 1. The molecule has 0 atom stereocenters. The smallest absolute Gasteiger partial charge is 0.285 e. The fourth-order valence-electron chi connectivity index (χ4n) is 2.47. The van der Waals surface area contributed by atoms with Crippen LogP contribution >= 0.6 is 24.0 Å². The average Bonchev–Trinajstić information content (AvgIpc) is 2.95. The van der Waals surface area contributed by atoms with E-state index in [2.05, 4.69) is 5.43 Å². The standard InChI is InChI=1S/C21H20N2O3S2/c1-3-12-26-17-10-6-15(7-11-17)13-18-20(25)23(21(27)28-18)22-19(24)16-8-4-14(2)5-9-16/h4-11,13H,3,12H2,1-2H3,(H,22,24)/b18-13-.